The van der Waals surface area contributed by atoms with Crippen molar-refractivity contribution in [3.05, 3.63) is 21.1 Å². The van der Waals surface area contributed by atoms with Crippen molar-refractivity contribution in [2.45, 2.75) is 19.8 Å². The number of halogens is 1. The van der Waals surface area contributed by atoms with Gasteiger partial charge in [-0.25, -0.2) is 14.8 Å². The third-order valence-corrected chi connectivity index (χ3v) is 4.38. The average molecular weight is 289 g/mol. The zero-order valence-electron chi connectivity index (χ0n) is 8.94. The van der Waals surface area contributed by atoms with E-state index in [0.29, 0.717) is 31.3 Å². The molecule has 0 spiro atoms. The SMILES string of the molecule is CCCc1nc(-c2ncc(Cl)s2)sc1C(=O)O. The normalized spacial score (nSPS) is 10.7. The maximum absolute atomic E-state index is 11.1. The second-order valence-corrected chi connectivity index (χ2v) is 5.98. The average Bonchev–Trinajstić information content (AvgIpc) is 2.85. The van der Waals surface area contributed by atoms with Gasteiger partial charge in [0, 0.05) is 0 Å². The molecule has 0 unspecified atom stereocenters. The van der Waals surface area contributed by atoms with Crippen LogP contribution in [0.1, 0.15) is 28.7 Å². The fraction of sp³-hybridized carbons (Fsp3) is 0.300. The van der Waals surface area contributed by atoms with E-state index in [1.165, 1.54) is 11.3 Å². The Kier molecular flexibility index (Phi) is 3.76. The molecule has 0 bridgehead atoms. The Balaban J connectivity index is 2.43. The van der Waals surface area contributed by atoms with Gasteiger partial charge in [-0.2, -0.15) is 0 Å². The fourth-order valence-electron chi connectivity index (χ4n) is 1.37. The van der Waals surface area contributed by atoms with Gasteiger partial charge in [-0.15, -0.1) is 11.3 Å². The first-order valence-corrected chi connectivity index (χ1v) is 6.97. The molecular formula is C10H9ClN2O2S2. The summed E-state index contributed by atoms with van der Waals surface area (Å²) in [5.41, 5.74) is 0.631. The fourth-order valence-corrected chi connectivity index (χ4v) is 3.26. The summed E-state index contributed by atoms with van der Waals surface area (Å²) in [5, 5.41) is 10.4. The third-order valence-electron chi connectivity index (χ3n) is 2.04. The van der Waals surface area contributed by atoms with E-state index in [1.807, 2.05) is 6.92 Å². The Morgan fingerprint density at radius 2 is 2.24 bits per heavy atom. The molecule has 0 aromatic carbocycles. The van der Waals surface area contributed by atoms with E-state index in [1.54, 1.807) is 6.20 Å². The van der Waals surface area contributed by atoms with E-state index >= 15 is 0 Å². The molecule has 17 heavy (non-hydrogen) atoms. The van der Waals surface area contributed by atoms with Gasteiger partial charge in [-0.05, 0) is 6.42 Å². The molecule has 7 heteroatoms. The van der Waals surface area contributed by atoms with Gasteiger partial charge in [0.2, 0.25) is 0 Å². The summed E-state index contributed by atoms with van der Waals surface area (Å²) in [7, 11) is 0. The number of hydrogen-bond donors (Lipinski definition) is 1. The van der Waals surface area contributed by atoms with E-state index < -0.39 is 5.97 Å². The van der Waals surface area contributed by atoms with Crippen LogP contribution in [-0.4, -0.2) is 21.0 Å². The van der Waals surface area contributed by atoms with Crippen LogP contribution in [0.3, 0.4) is 0 Å². The van der Waals surface area contributed by atoms with E-state index in [9.17, 15) is 4.79 Å². The van der Waals surface area contributed by atoms with Gasteiger partial charge >= 0.3 is 5.97 Å². The summed E-state index contributed by atoms with van der Waals surface area (Å²) in [6, 6.07) is 0. The van der Waals surface area contributed by atoms with Crippen LogP contribution < -0.4 is 0 Å². The molecule has 90 valence electrons. The topological polar surface area (TPSA) is 63.1 Å². The van der Waals surface area contributed by atoms with Crippen LogP contribution in [0.4, 0.5) is 0 Å². The van der Waals surface area contributed by atoms with Crippen LogP contribution in [0.2, 0.25) is 4.34 Å². The maximum atomic E-state index is 11.1. The number of nitrogens with zero attached hydrogens (tertiary/aromatic N) is 2. The van der Waals surface area contributed by atoms with Gasteiger partial charge in [-0.1, -0.05) is 36.3 Å². The van der Waals surface area contributed by atoms with Gasteiger partial charge in [-0.3, -0.25) is 0 Å². The molecule has 0 amide bonds. The van der Waals surface area contributed by atoms with Crippen molar-refractivity contribution >= 4 is 40.2 Å². The summed E-state index contributed by atoms with van der Waals surface area (Å²) in [6.45, 7) is 1.99. The molecule has 0 saturated carbocycles. The van der Waals surface area contributed by atoms with Crippen LogP contribution in [0.25, 0.3) is 10.0 Å². The maximum Gasteiger partial charge on any atom is 0.347 e. The summed E-state index contributed by atoms with van der Waals surface area (Å²) < 4.78 is 0.573. The number of carboxylic acids is 1. The minimum Gasteiger partial charge on any atom is -0.477 e. The van der Waals surface area contributed by atoms with Gasteiger partial charge in [0.15, 0.2) is 10.0 Å². The lowest BCUT2D eigenvalue weighted by molar-refractivity contribution is 0.0700. The number of carboxylic acid groups (broad SMARTS) is 1. The predicted molar refractivity (Wildman–Crippen MR) is 69.2 cm³/mol. The number of hydrogen-bond acceptors (Lipinski definition) is 5. The standard InChI is InChI=1S/C10H9ClN2O2S2/c1-2-3-5-7(10(14)15)17-9(13-5)8-12-4-6(11)16-8/h4H,2-3H2,1H3,(H,14,15). The minimum absolute atomic E-state index is 0.299. The highest BCUT2D eigenvalue weighted by Crippen LogP contribution is 2.33. The third kappa shape index (κ3) is 2.65. The highest BCUT2D eigenvalue weighted by Gasteiger charge is 2.18. The molecule has 1 N–H and O–H groups in total. The highest BCUT2D eigenvalue weighted by molar-refractivity contribution is 7.24. The minimum atomic E-state index is -0.931. The van der Waals surface area contributed by atoms with E-state index in [-0.39, 0.29) is 0 Å². The van der Waals surface area contributed by atoms with E-state index in [2.05, 4.69) is 9.97 Å². The molecule has 2 aromatic rings. The van der Waals surface area contributed by atoms with Crippen molar-refractivity contribution in [3.63, 3.8) is 0 Å². The first-order chi connectivity index (χ1) is 8.11. The molecule has 0 fully saturated rings. The number of carbonyl (C=O) groups is 1. The Bertz CT molecular complexity index is 550. The molecule has 4 nitrogen and oxygen atoms in total. The lowest BCUT2D eigenvalue weighted by Crippen LogP contribution is -1.98. The Morgan fingerprint density at radius 3 is 2.76 bits per heavy atom. The second-order valence-electron chi connectivity index (χ2n) is 3.32. The number of thiazole rings is 2. The van der Waals surface area contributed by atoms with Gasteiger partial charge < -0.3 is 5.11 Å². The van der Waals surface area contributed by atoms with Crippen LogP contribution in [0.5, 0.6) is 0 Å². The molecule has 0 radical (unpaired) electrons. The van der Waals surface area contributed by atoms with Crippen LogP contribution in [-0.2, 0) is 6.42 Å². The van der Waals surface area contributed by atoms with Crippen molar-refractivity contribution in [2.24, 2.45) is 0 Å². The largest absolute Gasteiger partial charge is 0.477 e. The van der Waals surface area contributed by atoms with Crippen LogP contribution >= 0.6 is 34.3 Å². The molecule has 0 aliphatic rings. The quantitative estimate of drug-likeness (QED) is 0.934. The zero-order chi connectivity index (χ0) is 12.4. The Labute approximate surface area is 111 Å². The van der Waals surface area contributed by atoms with Crippen molar-refractivity contribution in [3.8, 4) is 10.0 Å². The monoisotopic (exact) mass is 288 g/mol. The van der Waals surface area contributed by atoms with Crippen LogP contribution in [0.15, 0.2) is 6.20 Å². The highest BCUT2D eigenvalue weighted by atomic mass is 35.5. The van der Waals surface area contributed by atoms with Gasteiger partial charge in [0.1, 0.15) is 9.21 Å². The number of aromatic nitrogens is 2. The molecule has 0 aliphatic heterocycles. The van der Waals surface area contributed by atoms with E-state index in [4.69, 9.17) is 16.7 Å². The summed E-state index contributed by atoms with van der Waals surface area (Å²) in [5.74, 6) is -0.931. The number of aryl methyl sites for hydroxylation is 1. The summed E-state index contributed by atoms with van der Waals surface area (Å²) in [6.07, 6.45) is 3.07. The Morgan fingerprint density at radius 1 is 1.47 bits per heavy atom. The molecule has 0 saturated heterocycles. The van der Waals surface area contributed by atoms with Crippen molar-refractivity contribution in [1.29, 1.82) is 0 Å². The summed E-state index contributed by atoms with van der Waals surface area (Å²) in [4.78, 5) is 19.8. The predicted octanol–water partition coefficient (Wildman–Crippen LogP) is 3.57. The molecule has 0 atom stereocenters. The first-order valence-electron chi connectivity index (χ1n) is 4.96. The second kappa shape index (κ2) is 5.12. The zero-order valence-corrected chi connectivity index (χ0v) is 11.3. The van der Waals surface area contributed by atoms with Crippen molar-refractivity contribution < 1.29 is 9.90 Å². The lowest BCUT2D eigenvalue weighted by Gasteiger charge is -1.92. The Hall–Kier alpha value is -0.980. The number of aromatic carboxylic acids is 1. The van der Waals surface area contributed by atoms with E-state index in [0.717, 1.165) is 17.8 Å². The van der Waals surface area contributed by atoms with Crippen molar-refractivity contribution in [1.82, 2.24) is 9.97 Å². The molecular weight excluding hydrogens is 280 g/mol. The van der Waals surface area contributed by atoms with Crippen LogP contribution in [0, 0.1) is 0 Å². The molecule has 2 heterocycles. The molecule has 0 aliphatic carbocycles. The summed E-state index contributed by atoms with van der Waals surface area (Å²) >= 11 is 8.25. The smallest absolute Gasteiger partial charge is 0.347 e. The first kappa shape index (κ1) is 12.5. The number of rotatable bonds is 4. The van der Waals surface area contributed by atoms with Gasteiger partial charge in [0.25, 0.3) is 0 Å². The molecule has 2 aromatic heterocycles. The van der Waals surface area contributed by atoms with Crippen molar-refractivity contribution in [2.75, 3.05) is 0 Å². The van der Waals surface area contributed by atoms with Gasteiger partial charge in [0.05, 0.1) is 11.9 Å². The lowest BCUT2D eigenvalue weighted by atomic mass is 10.2. The molecule has 2 rings (SSSR count).